The van der Waals surface area contributed by atoms with E-state index in [0.717, 1.165) is 12.4 Å². The van der Waals surface area contributed by atoms with E-state index in [4.69, 9.17) is 0 Å². The molecule has 5 nitrogen and oxygen atoms in total. The summed E-state index contributed by atoms with van der Waals surface area (Å²) in [4.78, 5) is 6.47. The predicted octanol–water partition coefficient (Wildman–Crippen LogP) is 1.94. The van der Waals surface area contributed by atoms with E-state index in [9.17, 15) is 8.42 Å². The van der Waals surface area contributed by atoms with Crippen molar-refractivity contribution in [2.24, 2.45) is 4.99 Å². The first-order valence-corrected chi connectivity index (χ1v) is 10.2. The van der Waals surface area contributed by atoms with Gasteiger partial charge in [-0.05, 0) is 38.3 Å². The van der Waals surface area contributed by atoms with E-state index in [1.807, 2.05) is 0 Å². The molecular weight excluding hydrogens is 322 g/mol. The van der Waals surface area contributed by atoms with Crippen LogP contribution in [0.1, 0.15) is 37.3 Å². The summed E-state index contributed by atoms with van der Waals surface area (Å²) in [6, 6.07) is 8.88. The monoisotopic (exact) mass is 349 g/mol. The van der Waals surface area contributed by atoms with Gasteiger partial charge in [0.1, 0.15) is 0 Å². The van der Waals surface area contributed by atoms with E-state index in [2.05, 4.69) is 46.4 Å². The molecule has 24 heavy (non-hydrogen) atoms. The number of hydrogen-bond acceptors (Lipinski definition) is 3. The van der Waals surface area contributed by atoms with E-state index in [0.29, 0.717) is 25.0 Å². The molecule has 1 aliphatic carbocycles. The van der Waals surface area contributed by atoms with Gasteiger partial charge >= 0.3 is 0 Å². The van der Waals surface area contributed by atoms with Crippen molar-refractivity contribution < 1.29 is 8.42 Å². The van der Waals surface area contributed by atoms with E-state index >= 15 is 0 Å². The number of hydrogen-bond donors (Lipinski definition) is 1. The predicted molar refractivity (Wildman–Crippen MR) is 98.3 cm³/mol. The van der Waals surface area contributed by atoms with Gasteiger partial charge in [0.2, 0.25) is 0 Å². The summed E-state index contributed by atoms with van der Waals surface area (Å²) < 4.78 is 23.6. The summed E-state index contributed by atoms with van der Waals surface area (Å²) in [5, 5.41) is 3.53. The summed E-state index contributed by atoms with van der Waals surface area (Å²) in [6.07, 6.45) is 1.10. The molecule has 1 heterocycles. The standard InChI is InChI=1S/C18H27N3O2S/c1-13-7-5-6-8-14(13)15-11-16(15)20-17(19-4)21-9-10-24(22,23)18(2,3)12-21/h5-8,15-16H,9-12H2,1-4H3,(H,19,20). The lowest BCUT2D eigenvalue weighted by Gasteiger charge is -2.39. The number of aryl methyl sites for hydroxylation is 1. The molecule has 0 spiro atoms. The molecule has 0 aromatic heterocycles. The Kier molecular flexibility index (Phi) is 4.36. The molecule has 0 amide bonds. The Bertz CT molecular complexity index is 755. The van der Waals surface area contributed by atoms with Gasteiger partial charge in [0.15, 0.2) is 15.8 Å². The third-order valence-electron chi connectivity index (χ3n) is 5.25. The highest BCUT2D eigenvalue weighted by Crippen LogP contribution is 2.42. The van der Waals surface area contributed by atoms with Crippen LogP contribution in [-0.4, -0.2) is 56.0 Å². The topological polar surface area (TPSA) is 61.8 Å². The van der Waals surface area contributed by atoms with Gasteiger partial charge in [-0.1, -0.05) is 24.3 Å². The quantitative estimate of drug-likeness (QED) is 0.655. The third-order valence-corrected chi connectivity index (χ3v) is 7.78. The van der Waals surface area contributed by atoms with Gasteiger partial charge in [0.05, 0.1) is 10.5 Å². The Balaban J connectivity index is 1.66. The average Bonchev–Trinajstić information content (AvgIpc) is 3.27. The van der Waals surface area contributed by atoms with Crippen molar-refractivity contribution in [2.45, 2.75) is 43.9 Å². The van der Waals surface area contributed by atoms with Crippen molar-refractivity contribution in [1.82, 2.24) is 10.2 Å². The average molecular weight is 350 g/mol. The van der Waals surface area contributed by atoms with Crippen LogP contribution in [0.5, 0.6) is 0 Å². The maximum Gasteiger partial charge on any atom is 0.193 e. The van der Waals surface area contributed by atoms with Crippen molar-refractivity contribution in [3.05, 3.63) is 35.4 Å². The summed E-state index contributed by atoms with van der Waals surface area (Å²) >= 11 is 0. The van der Waals surface area contributed by atoms with Crippen LogP contribution in [0.2, 0.25) is 0 Å². The zero-order valence-corrected chi connectivity index (χ0v) is 15.7. The lowest BCUT2D eigenvalue weighted by Crippen LogP contribution is -2.57. The van der Waals surface area contributed by atoms with Crippen LogP contribution < -0.4 is 5.32 Å². The fourth-order valence-corrected chi connectivity index (χ4v) is 4.85. The fourth-order valence-electron chi connectivity index (χ4n) is 3.49. The third kappa shape index (κ3) is 3.16. The molecule has 2 fully saturated rings. The van der Waals surface area contributed by atoms with Crippen LogP contribution >= 0.6 is 0 Å². The SMILES string of the molecule is CN=C(NC1CC1c1ccccc1C)N1CCS(=O)(=O)C(C)(C)C1. The molecule has 132 valence electrons. The van der Waals surface area contributed by atoms with Gasteiger partial charge in [-0.3, -0.25) is 4.99 Å². The van der Waals surface area contributed by atoms with Crippen LogP contribution in [0.4, 0.5) is 0 Å². The van der Waals surface area contributed by atoms with Crippen LogP contribution in [0.3, 0.4) is 0 Å². The number of nitrogens with one attached hydrogen (secondary N) is 1. The highest BCUT2D eigenvalue weighted by Gasteiger charge is 2.44. The molecular formula is C18H27N3O2S. The van der Waals surface area contributed by atoms with Crippen molar-refractivity contribution >= 4 is 15.8 Å². The summed E-state index contributed by atoms with van der Waals surface area (Å²) in [5.74, 6) is 1.52. The van der Waals surface area contributed by atoms with Crippen LogP contribution in [-0.2, 0) is 9.84 Å². The molecule has 1 aliphatic heterocycles. The molecule has 2 aliphatic rings. The second-order valence-electron chi connectivity index (χ2n) is 7.50. The molecule has 0 bridgehead atoms. The van der Waals surface area contributed by atoms with Gasteiger partial charge in [0, 0.05) is 32.1 Å². The van der Waals surface area contributed by atoms with Crippen molar-refractivity contribution in [1.29, 1.82) is 0 Å². The number of benzene rings is 1. The van der Waals surface area contributed by atoms with Crippen LogP contribution in [0, 0.1) is 6.92 Å². The lowest BCUT2D eigenvalue weighted by molar-refractivity contribution is 0.353. The smallest absolute Gasteiger partial charge is 0.193 e. The second kappa shape index (κ2) is 6.06. The molecule has 1 N–H and O–H groups in total. The first kappa shape index (κ1) is 17.3. The zero-order chi connectivity index (χ0) is 17.5. The molecule has 1 aromatic carbocycles. The van der Waals surface area contributed by atoms with Crippen molar-refractivity contribution in [3.8, 4) is 0 Å². The van der Waals surface area contributed by atoms with Crippen molar-refractivity contribution in [2.75, 3.05) is 25.9 Å². The molecule has 1 aromatic rings. The summed E-state index contributed by atoms with van der Waals surface area (Å²) in [5.41, 5.74) is 2.72. The minimum atomic E-state index is -3.03. The summed E-state index contributed by atoms with van der Waals surface area (Å²) in [6.45, 7) is 6.74. The van der Waals surface area contributed by atoms with E-state index in [-0.39, 0.29) is 5.75 Å². The Hall–Kier alpha value is -1.56. The molecule has 6 heteroatoms. The second-order valence-corrected chi connectivity index (χ2v) is 10.2. The van der Waals surface area contributed by atoms with Gasteiger partial charge in [-0.15, -0.1) is 0 Å². The Morgan fingerprint density at radius 3 is 2.67 bits per heavy atom. The maximum atomic E-state index is 12.2. The van der Waals surface area contributed by atoms with Crippen LogP contribution in [0.15, 0.2) is 29.3 Å². The number of aliphatic imine (C=N–C) groups is 1. The first-order valence-electron chi connectivity index (χ1n) is 8.51. The minimum absolute atomic E-state index is 0.187. The zero-order valence-electron chi connectivity index (χ0n) is 14.9. The van der Waals surface area contributed by atoms with E-state index in [1.165, 1.54) is 11.1 Å². The fraction of sp³-hybridized carbons (Fsp3) is 0.611. The molecule has 3 rings (SSSR count). The van der Waals surface area contributed by atoms with Crippen molar-refractivity contribution in [3.63, 3.8) is 0 Å². The molecule has 2 unspecified atom stereocenters. The molecule has 2 atom stereocenters. The number of nitrogens with zero attached hydrogens (tertiary/aromatic N) is 2. The lowest BCUT2D eigenvalue weighted by atomic mass is 10.0. The molecule has 0 radical (unpaired) electrons. The minimum Gasteiger partial charge on any atom is -0.353 e. The van der Waals surface area contributed by atoms with Gasteiger partial charge in [-0.2, -0.15) is 0 Å². The number of rotatable bonds is 2. The summed E-state index contributed by atoms with van der Waals surface area (Å²) in [7, 11) is -1.26. The number of sulfone groups is 1. The maximum absolute atomic E-state index is 12.2. The van der Waals surface area contributed by atoms with Gasteiger partial charge < -0.3 is 10.2 Å². The Labute approximate surface area is 145 Å². The van der Waals surface area contributed by atoms with Crippen LogP contribution in [0.25, 0.3) is 0 Å². The highest BCUT2D eigenvalue weighted by atomic mass is 32.2. The van der Waals surface area contributed by atoms with Gasteiger partial charge in [-0.25, -0.2) is 8.42 Å². The normalized spacial score (nSPS) is 28.5. The molecule has 1 saturated heterocycles. The largest absolute Gasteiger partial charge is 0.353 e. The number of guanidine groups is 1. The van der Waals surface area contributed by atoms with E-state index < -0.39 is 14.6 Å². The Morgan fingerprint density at radius 2 is 2.04 bits per heavy atom. The Morgan fingerprint density at radius 1 is 1.33 bits per heavy atom. The van der Waals surface area contributed by atoms with E-state index in [1.54, 1.807) is 20.9 Å². The molecule has 1 saturated carbocycles. The van der Waals surface area contributed by atoms with Gasteiger partial charge in [0.25, 0.3) is 0 Å². The highest BCUT2D eigenvalue weighted by molar-refractivity contribution is 7.92. The first-order chi connectivity index (χ1) is 11.2.